The van der Waals surface area contributed by atoms with Gasteiger partial charge in [0.15, 0.2) is 12.1 Å². The van der Waals surface area contributed by atoms with E-state index in [1.54, 1.807) is 43.0 Å². The van der Waals surface area contributed by atoms with Crippen molar-refractivity contribution >= 4 is 51.1 Å². The molecule has 0 unspecified atom stereocenters. The Hall–Kier alpha value is -3.52. The molecule has 3 aromatic rings. The second kappa shape index (κ2) is 17.3. The number of primary amides is 1. The zero-order valence-corrected chi connectivity index (χ0v) is 31.6. The van der Waals surface area contributed by atoms with Gasteiger partial charge >= 0.3 is 6.03 Å². The van der Waals surface area contributed by atoms with Gasteiger partial charge < -0.3 is 40.2 Å². The molecule has 4 N–H and O–H groups in total. The minimum Gasteiger partial charge on any atom is -0.370 e. The molecule has 0 radical (unpaired) electrons. The van der Waals surface area contributed by atoms with Gasteiger partial charge in [0.05, 0.1) is 12.6 Å². The number of benzene rings is 3. The summed E-state index contributed by atoms with van der Waals surface area (Å²) in [6, 6.07) is 21.9. The number of nitrogens with two attached hydrogens (primary N) is 1. The number of rotatable bonds is 15. The maximum Gasteiger partial charge on any atom is 0.322 e. The van der Waals surface area contributed by atoms with E-state index in [9.17, 15) is 14.4 Å². The number of halogens is 2. The van der Waals surface area contributed by atoms with E-state index in [0.717, 1.165) is 15.6 Å². The first-order valence-electron chi connectivity index (χ1n) is 17.2. The summed E-state index contributed by atoms with van der Waals surface area (Å²) in [4.78, 5) is 42.7. The second-order valence-electron chi connectivity index (χ2n) is 13.5. The summed E-state index contributed by atoms with van der Waals surface area (Å²) in [6.07, 6.45) is -2.16. The molecule has 0 bridgehead atoms. The molecule has 5 rings (SSSR count). The fraction of sp³-hybridized carbons (Fsp3) is 0.447. The van der Waals surface area contributed by atoms with E-state index in [-0.39, 0.29) is 25.5 Å². The van der Waals surface area contributed by atoms with Crippen molar-refractivity contribution in [3.05, 3.63) is 99.5 Å². The van der Waals surface area contributed by atoms with Crippen molar-refractivity contribution in [2.45, 2.75) is 96.0 Å². The third kappa shape index (κ3) is 10.3. The van der Waals surface area contributed by atoms with E-state index in [2.05, 4.69) is 26.6 Å². The van der Waals surface area contributed by atoms with Gasteiger partial charge in [-0.3, -0.25) is 9.59 Å². The van der Waals surface area contributed by atoms with E-state index in [0.29, 0.717) is 23.6 Å². The molecule has 2 aliphatic rings. The van der Waals surface area contributed by atoms with Gasteiger partial charge in [-0.05, 0) is 73.7 Å². The number of hydrogen-bond donors (Lipinski definition) is 3. The Balaban J connectivity index is 1.43. The summed E-state index contributed by atoms with van der Waals surface area (Å²) in [5.41, 5.74) is 8.21. The van der Waals surface area contributed by atoms with E-state index < -0.39 is 60.3 Å². The molecule has 11 nitrogen and oxygen atoms in total. The van der Waals surface area contributed by atoms with Crippen LogP contribution in [-0.4, -0.2) is 71.8 Å². The smallest absolute Gasteiger partial charge is 0.322 e. The number of nitrogens with zero attached hydrogens (tertiary/aromatic N) is 1. The van der Waals surface area contributed by atoms with Gasteiger partial charge in [0.2, 0.25) is 11.8 Å². The average molecular weight is 786 g/mol. The van der Waals surface area contributed by atoms with Crippen molar-refractivity contribution in [3.63, 3.8) is 0 Å². The minimum absolute atomic E-state index is 0.230. The first-order valence-corrected chi connectivity index (χ1v) is 18.3. The molecule has 0 aliphatic carbocycles. The number of fused-ring (bicyclic) bond motifs is 1. The Morgan fingerprint density at radius 1 is 1.00 bits per heavy atom. The van der Waals surface area contributed by atoms with Gasteiger partial charge in [-0.2, -0.15) is 0 Å². The molecule has 51 heavy (non-hydrogen) atoms. The monoisotopic (exact) mass is 784 g/mol. The number of carbonyl (C=O) groups excluding carboxylic acids is 3. The Morgan fingerprint density at radius 3 is 2.33 bits per heavy atom. The highest BCUT2D eigenvalue weighted by Gasteiger charge is 2.57. The van der Waals surface area contributed by atoms with Crippen LogP contribution in [0.4, 0.5) is 10.5 Å². The van der Waals surface area contributed by atoms with Gasteiger partial charge in [0.25, 0.3) is 0 Å². The zero-order chi connectivity index (χ0) is 36.7. The van der Waals surface area contributed by atoms with Crippen LogP contribution >= 0.6 is 27.5 Å². The fourth-order valence-electron chi connectivity index (χ4n) is 6.45. The van der Waals surface area contributed by atoms with Crippen molar-refractivity contribution < 1.29 is 33.3 Å². The quantitative estimate of drug-likeness (QED) is 0.162. The van der Waals surface area contributed by atoms with Crippen molar-refractivity contribution in [2.24, 2.45) is 11.7 Å². The highest BCUT2D eigenvalue weighted by atomic mass is 79.9. The predicted octanol–water partition coefficient (Wildman–Crippen LogP) is 6.42. The Bertz CT molecular complexity index is 1630. The van der Waals surface area contributed by atoms with Crippen LogP contribution in [0.25, 0.3) is 0 Å². The second-order valence-corrected chi connectivity index (χ2v) is 14.8. The van der Waals surface area contributed by atoms with E-state index in [4.69, 9.17) is 36.3 Å². The molecule has 2 saturated heterocycles. The van der Waals surface area contributed by atoms with Crippen molar-refractivity contribution in [1.29, 1.82) is 0 Å². The average Bonchev–Trinajstić information content (AvgIpc) is 3.58. The van der Waals surface area contributed by atoms with Crippen LogP contribution in [0.2, 0.25) is 5.02 Å². The van der Waals surface area contributed by atoms with E-state index in [1.807, 2.05) is 68.4 Å². The molecular weight excluding hydrogens is 740 g/mol. The summed E-state index contributed by atoms with van der Waals surface area (Å²) in [5.74, 6) is -2.30. The first-order chi connectivity index (χ1) is 24.3. The molecule has 0 saturated carbocycles. The summed E-state index contributed by atoms with van der Waals surface area (Å²) >= 11 is 9.56. The lowest BCUT2D eigenvalue weighted by Gasteiger charge is -2.37. The normalized spacial score (nSPS) is 22.4. The fourth-order valence-corrected chi connectivity index (χ4v) is 6.84. The first kappa shape index (κ1) is 38.7. The maximum absolute atomic E-state index is 14.6. The molecular formula is C38H46BrClN4O7. The van der Waals surface area contributed by atoms with Gasteiger partial charge in [-0.15, -0.1) is 0 Å². The summed E-state index contributed by atoms with van der Waals surface area (Å²) in [6.45, 7) is 7.92. The molecule has 0 spiro atoms. The number of amides is 4. The van der Waals surface area contributed by atoms with Crippen molar-refractivity contribution in [3.8, 4) is 0 Å². The Labute approximate surface area is 312 Å². The van der Waals surface area contributed by atoms with E-state index in [1.165, 1.54) is 0 Å². The Morgan fingerprint density at radius 2 is 1.69 bits per heavy atom. The van der Waals surface area contributed by atoms with Crippen LogP contribution in [0.5, 0.6) is 0 Å². The van der Waals surface area contributed by atoms with Crippen LogP contribution in [-0.2, 0) is 41.6 Å². The number of urea groups is 1. The summed E-state index contributed by atoms with van der Waals surface area (Å²) < 4.78 is 26.0. The molecule has 4 amide bonds. The Kier molecular flexibility index (Phi) is 13.2. The zero-order valence-electron chi connectivity index (χ0n) is 29.2. The molecule has 2 heterocycles. The van der Waals surface area contributed by atoms with Gasteiger partial charge in [0.1, 0.15) is 24.4 Å². The lowest BCUT2D eigenvalue weighted by Crippen LogP contribution is -2.59. The molecule has 7 atom stereocenters. The standard InChI is InChI=1S/C38H46BrClN4O7/c1-5-23(2)31(44(20-19-24-11-13-26(39)14-12-24)37(47)42-28-17-15-27(40)16-18-28)35(46)43-29(21-30(41)45)32-33(48-22-25-9-7-6-8-10-25)34-36(49-32)51-38(3,4)50-34/h6-18,23,29,31-34,36H,5,19-22H2,1-4H3,(H2,41,45)(H,42,47)(H,43,46)/t23-,29+,31+,32+,33-,34+,36+/m1/s1. The summed E-state index contributed by atoms with van der Waals surface area (Å²) in [7, 11) is 0. The molecule has 2 aliphatic heterocycles. The number of hydrogen-bond acceptors (Lipinski definition) is 7. The highest BCUT2D eigenvalue weighted by Crippen LogP contribution is 2.40. The molecule has 2 fully saturated rings. The van der Waals surface area contributed by atoms with Crippen LogP contribution in [0.3, 0.4) is 0 Å². The molecule has 0 aromatic heterocycles. The number of ether oxygens (including phenoxy) is 4. The number of carbonyl (C=O) groups is 3. The topological polar surface area (TPSA) is 141 Å². The number of nitrogens with one attached hydrogen (secondary N) is 2. The third-order valence-electron chi connectivity index (χ3n) is 9.16. The van der Waals surface area contributed by atoms with E-state index >= 15 is 0 Å². The minimum atomic E-state index is -0.927. The molecule has 274 valence electrons. The van der Waals surface area contributed by atoms with Crippen LogP contribution in [0.15, 0.2) is 83.3 Å². The predicted molar refractivity (Wildman–Crippen MR) is 198 cm³/mol. The summed E-state index contributed by atoms with van der Waals surface area (Å²) in [5, 5.41) is 6.52. The van der Waals surface area contributed by atoms with Gasteiger partial charge in [-0.1, -0.05) is 90.3 Å². The highest BCUT2D eigenvalue weighted by molar-refractivity contribution is 9.10. The van der Waals surface area contributed by atoms with Gasteiger partial charge in [-0.25, -0.2) is 4.79 Å². The van der Waals surface area contributed by atoms with Crippen molar-refractivity contribution in [1.82, 2.24) is 10.2 Å². The SMILES string of the molecule is CC[C@@H](C)[C@@H](C(=O)N[C@@H](CC(N)=O)[C@@H]1O[C@H]2OC(C)(C)O[C@H]2[C@@H]1OCc1ccccc1)N(CCc1ccc(Br)cc1)C(=O)Nc1ccc(Cl)cc1. The van der Waals surface area contributed by atoms with Crippen molar-refractivity contribution in [2.75, 3.05) is 11.9 Å². The third-order valence-corrected chi connectivity index (χ3v) is 9.94. The maximum atomic E-state index is 14.6. The van der Waals surface area contributed by atoms with Crippen LogP contribution in [0.1, 0.15) is 51.7 Å². The molecule has 13 heteroatoms. The molecule has 3 aromatic carbocycles. The van der Waals surface area contributed by atoms with Crippen LogP contribution < -0.4 is 16.4 Å². The lowest BCUT2D eigenvalue weighted by molar-refractivity contribution is -0.222. The lowest BCUT2D eigenvalue weighted by atomic mass is 9.94. The number of anilines is 1. The van der Waals surface area contributed by atoms with Gasteiger partial charge in [0, 0.05) is 28.1 Å². The largest absolute Gasteiger partial charge is 0.370 e. The van der Waals surface area contributed by atoms with Crippen LogP contribution in [0, 0.1) is 5.92 Å².